The normalized spacial score (nSPS) is 20.8. The topological polar surface area (TPSA) is 19.6 Å². The number of furan rings is 1. The molecule has 2 aromatic rings. The maximum atomic E-state index is 13.1. The SMILES string of the molecule is CN1CCN(Cc2cc(Br)co2)[C@@H](c2ccc(F)cc2)C1. The van der Waals surface area contributed by atoms with Gasteiger partial charge in [-0.1, -0.05) is 12.1 Å². The average molecular weight is 353 g/mol. The van der Waals surface area contributed by atoms with Crippen molar-refractivity contribution < 1.29 is 8.81 Å². The molecule has 2 heterocycles. The third-order valence-electron chi connectivity index (χ3n) is 3.93. The molecule has 1 aromatic carbocycles. The summed E-state index contributed by atoms with van der Waals surface area (Å²) in [5, 5.41) is 0. The Kier molecular flexibility index (Phi) is 4.42. The average Bonchev–Trinajstić information content (AvgIpc) is 2.87. The Bertz CT molecular complexity index is 599. The molecule has 5 heteroatoms. The second-order valence-corrected chi connectivity index (χ2v) is 6.45. The zero-order chi connectivity index (χ0) is 14.8. The van der Waals surface area contributed by atoms with Crippen LogP contribution in [0, 0.1) is 5.82 Å². The van der Waals surface area contributed by atoms with E-state index in [9.17, 15) is 4.39 Å². The number of hydrogen-bond donors (Lipinski definition) is 0. The Labute approximate surface area is 132 Å². The molecule has 0 spiro atoms. The van der Waals surface area contributed by atoms with Crippen LogP contribution in [0.15, 0.2) is 45.5 Å². The molecule has 0 bridgehead atoms. The number of likely N-dealkylation sites (N-methyl/N-ethyl adjacent to an activating group) is 1. The van der Waals surface area contributed by atoms with Crippen molar-refractivity contribution in [1.82, 2.24) is 9.80 Å². The molecule has 1 aromatic heterocycles. The van der Waals surface area contributed by atoms with Gasteiger partial charge >= 0.3 is 0 Å². The predicted molar refractivity (Wildman–Crippen MR) is 83.5 cm³/mol. The number of halogens is 2. The summed E-state index contributed by atoms with van der Waals surface area (Å²) in [6.07, 6.45) is 1.71. The highest BCUT2D eigenvalue weighted by molar-refractivity contribution is 9.10. The second-order valence-electron chi connectivity index (χ2n) is 5.53. The summed E-state index contributed by atoms with van der Waals surface area (Å²) >= 11 is 3.41. The number of rotatable bonds is 3. The van der Waals surface area contributed by atoms with Crippen LogP contribution < -0.4 is 0 Å². The minimum atomic E-state index is -0.190. The largest absolute Gasteiger partial charge is 0.467 e. The van der Waals surface area contributed by atoms with Gasteiger partial charge in [-0.2, -0.15) is 0 Å². The molecule has 112 valence electrons. The molecule has 0 unspecified atom stereocenters. The first-order chi connectivity index (χ1) is 10.1. The highest BCUT2D eigenvalue weighted by Gasteiger charge is 2.27. The molecule has 1 atom stereocenters. The van der Waals surface area contributed by atoms with Crippen LogP contribution in [0.3, 0.4) is 0 Å². The quantitative estimate of drug-likeness (QED) is 0.840. The smallest absolute Gasteiger partial charge is 0.123 e. The van der Waals surface area contributed by atoms with Gasteiger partial charge < -0.3 is 9.32 Å². The molecule has 1 aliphatic heterocycles. The van der Waals surface area contributed by atoms with Crippen molar-refractivity contribution in [3.05, 3.63) is 58.2 Å². The van der Waals surface area contributed by atoms with E-state index in [0.717, 1.165) is 42.0 Å². The van der Waals surface area contributed by atoms with E-state index < -0.39 is 0 Å². The molecule has 0 aliphatic carbocycles. The summed E-state index contributed by atoms with van der Waals surface area (Å²) in [5.41, 5.74) is 1.15. The molecule has 0 amide bonds. The van der Waals surface area contributed by atoms with Gasteiger partial charge in [-0.15, -0.1) is 0 Å². The maximum absolute atomic E-state index is 13.1. The molecule has 21 heavy (non-hydrogen) atoms. The molecule has 1 saturated heterocycles. The Morgan fingerprint density at radius 2 is 2.05 bits per heavy atom. The monoisotopic (exact) mass is 352 g/mol. The van der Waals surface area contributed by atoms with Crippen LogP contribution >= 0.6 is 15.9 Å². The standard InChI is InChI=1S/C16H18BrFN2O/c1-19-6-7-20(9-15-8-13(17)11-21-15)16(10-19)12-2-4-14(18)5-3-12/h2-5,8,11,16H,6-7,9-10H2,1H3/t16-/m1/s1. The predicted octanol–water partition coefficient (Wildman–Crippen LogP) is 3.67. The van der Waals surface area contributed by atoms with Crippen molar-refractivity contribution in [2.45, 2.75) is 12.6 Å². The van der Waals surface area contributed by atoms with Crippen LogP contribution in [0.2, 0.25) is 0 Å². The third kappa shape index (κ3) is 3.54. The molecule has 0 saturated carbocycles. The van der Waals surface area contributed by atoms with Crippen molar-refractivity contribution in [2.75, 3.05) is 26.7 Å². The molecule has 0 N–H and O–H groups in total. The van der Waals surface area contributed by atoms with E-state index in [-0.39, 0.29) is 11.9 Å². The lowest BCUT2D eigenvalue weighted by molar-refractivity contribution is 0.0772. The summed E-state index contributed by atoms with van der Waals surface area (Å²) in [7, 11) is 2.12. The molecule has 0 radical (unpaired) electrons. The summed E-state index contributed by atoms with van der Waals surface area (Å²) in [5.74, 6) is 0.753. The van der Waals surface area contributed by atoms with Gasteiger partial charge in [0.25, 0.3) is 0 Å². The van der Waals surface area contributed by atoms with Crippen molar-refractivity contribution in [2.24, 2.45) is 0 Å². The zero-order valence-electron chi connectivity index (χ0n) is 11.9. The Balaban J connectivity index is 1.80. The fourth-order valence-electron chi connectivity index (χ4n) is 2.78. The lowest BCUT2D eigenvalue weighted by atomic mass is 10.0. The van der Waals surface area contributed by atoms with Crippen LogP contribution in [-0.2, 0) is 6.54 Å². The minimum Gasteiger partial charge on any atom is -0.467 e. The van der Waals surface area contributed by atoms with Crippen LogP contribution in [0.4, 0.5) is 4.39 Å². The van der Waals surface area contributed by atoms with Crippen LogP contribution in [0.5, 0.6) is 0 Å². The fourth-order valence-corrected chi connectivity index (χ4v) is 3.13. The minimum absolute atomic E-state index is 0.190. The Hall–Kier alpha value is -1.17. The van der Waals surface area contributed by atoms with Gasteiger partial charge in [-0.3, -0.25) is 4.90 Å². The summed E-state index contributed by atoms with van der Waals surface area (Å²) in [6, 6.07) is 9.08. The number of piperazine rings is 1. The van der Waals surface area contributed by atoms with E-state index in [1.165, 1.54) is 12.1 Å². The van der Waals surface area contributed by atoms with E-state index in [4.69, 9.17) is 4.42 Å². The summed E-state index contributed by atoms with van der Waals surface area (Å²) in [6.45, 7) is 3.70. The fraction of sp³-hybridized carbons (Fsp3) is 0.375. The van der Waals surface area contributed by atoms with Gasteiger partial charge in [-0.05, 0) is 46.7 Å². The first-order valence-corrected chi connectivity index (χ1v) is 7.82. The van der Waals surface area contributed by atoms with E-state index in [0.29, 0.717) is 0 Å². The number of benzene rings is 1. The zero-order valence-corrected chi connectivity index (χ0v) is 13.5. The van der Waals surface area contributed by atoms with Crippen LogP contribution in [0.1, 0.15) is 17.4 Å². The van der Waals surface area contributed by atoms with Gasteiger partial charge in [-0.25, -0.2) is 4.39 Å². The van der Waals surface area contributed by atoms with Crippen LogP contribution in [0.25, 0.3) is 0 Å². The Morgan fingerprint density at radius 1 is 1.29 bits per heavy atom. The lowest BCUT2D eigenvalue weighted by Gasteiger charge is -2.39. The number of nitrogens with zero attached hydrogens (tertiary/aromatic N) is 2. The molecular formula is C16H18BrFN2O. The highest BCUT2D eigenvalue weighted by atomic mass is 79.9. The molecular weight excluding hydrogens is 335 g/mol. The van der Waals surface area contributed by atoms with Crippen LogP contribution in [-0.4, -0.2) is 36.5 Å². The first kappa shape index (κ1) is 14.8. The van der Waals surface area contributed by atoms with E-state index in [1.54, 1.807) is 6.26 Å². The van der Waals surface area contributed by atoms with E-state index in [1.807, 2.05) is 18.2 Å². The van der Waals surface area contributed by atoms with Gasteiger partial charge in [0.2, 0.25) is 0 Å². The van der Waals surface area contributed by atoms with Gasteiger partial charge in [0.15, 0.2) is 0 Å². The highest BCUT2D eigenvalue weighted by Crippen LogP contribution is 2.27. The first-order valence-electron chi connectivity index (χ1n) is 7.03. The van der Waals surface area contributed by atoms with Gasteiger partial charge in [0, 0.05) is 25.7 Å². The Morgan fingerprint density at radius 3 is 2.71 bits per heavy atom. The molecule has 3 rings (SSSR count). The van der Waals surface area contributed by atoms with Gasteiger partial charge in [0.05, 0.1) is 11.0 Å². The van der Waals surface area contributed by atoms with E-state index in [2.05, 4.69) is 32.8 Å². The van der Waals surface area contributed by atoms with Gasteiger partial charge in [0.1, 0.15) is 17.8 Å². The second kappa shape index (κ2) is 6.30. The van der Waals surface area contributed by atoms with Crippen molar-refractivity contribution in [1.29, 1.82) is 0 Å². The summed E-state index contributed by atoms with van der Waals surface area (Å²) in [4.78, 5) is 4.70. The molecule has 1 fully saturated rings. The van der Waals surface area contributed by atoms with Crippen molar-refractivity contribution in [3.8, 4) is 0 Å². The third-order valence-corrected chi connectivity index (χ3v) is 4.35. The lowest BCUT2D eigenvalue weighted by Crippen LogP contribution is -2.46. The molecule has 1 aliphatic rings. The molecule has 3 nitrogen and oxygen atoms in total. The van der Waals surface area contributed by atoms with Crippen molar-refractivity contribution in [3.63, 3.8) is 0 Å². The maximum Gasteiger partial charge on any atom is 0.123 e. The van der Waals surface area contributed by atoms with Crippen molar-refractivity contribution >= 4 is 15.9 Å². The number of hydrogen-bond acceptors (Lipinski definition) is 3. The summed E-state index contributed by atoms with van der Waals surface area (Å²) < 4.78 is 19.6. The van der Waals surface area contributed by atoms with E-state index >= 15 is 0 Å².